The highest BCUT2D eigenvalue weighted by Gasteiger charge is 2.43. The molecule has 2 heterocycles. The van der Waals surface area contributed by atoms with Crippen molar-refractivity contribution in [2.24, 2.45) is 7.05 Å². The normalized spacial score (nSPS) is 23.6. The number of aromatic nitrogens is 2. The van der Waals surface area contributed by atoms with Crippen LogP contribution in [0.5, 0.6) is 5.75 Å². The molecule has 2 aromatic rings. The van der Waals surface area contributed by atoms with Crippen LogP contribution in [-0.2, 0) is 7.05 Å². The molecule has 1 N–H and O–H groups in total. The van der Waals surface area contributed by atoms with Gasteiger partial charge in [-0.1, -0.05) is 12.1 Å². The first kappa shape index (κ1) is 16.1. The maximum absolute atomic E-state index is 12.6. The number of carbonyl (C=O) groups is 1. The second-order valence-corrected chi connectivity index (χ2v) is 6.96. The van der Waals surface area contributed by atoms with Gasteiger partial charge in [0, 0.05) is 25.8 Å². The van der Waals surface area contributed by atoms with E-state index in [4.69, 9.17) is 4.74 Å². The van der Waals surface area contributed by atoms with E-state index in [0.717, 1.165) is 18.7 Å². The summed E-state index contributed by atoms with van der Waals surface area (Å²) >= 11 is 0. The predicted octanol–water partition coefficient (Wildman–Crippen LogP) is 2.14. The molecule has 1 aliphatic heterocycles. The van der Waals surface area contributed by atoms with Crippen molar-refractivity contribution in [3.8, 4) is 5.75 Å². The Kier molecular flexibility index (Phi) is 4.21. The molecular weight excluding hydrogens is 316 g/mol. The zero-order valence-corrected chi connectivity index (χ0v) is 14.7. The van der Waals surface area contributed by atoms with Gasteiger partial charge >= 0.3 is 0 Å². The molecule has 1 aromatic heterocycles. The SMILES string of the molecule is COc1cccc([C@@H]2[C@H](NC(=O)c3cnn(C)c3)CCN2C2CC2)c1. The van der Waals surface area contributed by atoms with Crippen LogP contribution in [0.2, 0.25) is 0 Å². The van der Waals surface area contributed by atoms with Gasteiger partial charge in [-0.05, 0) is 37.0 Å². The molecule has 6 nitrogen and oxygen atoms in total. The van der Waals surface area contributed by atoms with Crippen molar-refractivity contribution in [1.82, 2.24) is 20.0 Å². The number of nitrogens with zero attached hydrogens (tertiary/aromatic N) is 3. The Balaban J connectivity index is 1.58. The predicted molar refractivity (Wildman–Crippen MR) is 94.5 cm³/mol. The number of hydrogen-bond acceptors (Lipinski definition) is 4. The van der Waals surface area contributed by atoms with E-state index in [2.05, 4.69) is 27.4 Å². The average Bonchev–Trinajstić information content (AvgIpc) is 3.24. The van der Waals surface area contributed by atoms with Gasteiger partial charge in [0.2, 0.25) is 0 Å². The van der Waals surface area contributed by atoms with Gasteiger partial charge < -0.3 is 10.1 Å². The summed E-state index contributed by atoms with van der Waals surface area (Å²) < 4.78 is 7.05. The lowest BCUT2D eigenvalue weighted by Gasteiger charge is -2.29. The molecule has 0 unspecified atom stereocenters. The van der Waals surface area contributed by atoms with Crippen LogP contribution in [0.4, 0.5) is 0 Å². The number of carbonyl (C=O) groups excluding carboxylic acids is 1. The molecule has 1 saturated heterocycles. The summed E-state index contributed by atoms with van der Waals surface area (Å²) in [5, 5.41) is 7.33. The molecule has 132 valence electrons. The highest BCUT2D eigenvalue weighted by atomic mass is 16.5. The van der Waals surface area contributed by atoms with Gasteiger partial charge in [-0.15, -0.1) is 0 Å². The first-order valence-corrected chi connectivity index (χ1v) is 8.85. The smallest absolute Gasteiger partial charge is 0.254 e. The number of amides is 1. The van der Waals surface area contributed by atoms with Gasteiger partial charge in [0.15, 0.2) is 0 Å². The van der Waals surface area contributed by atoms with E-state index in [-0.39, 0.29) is 18.0 Å². The topological polar surface area (TPSA) is 59.4 Å². The summed E-state index contributed by atoms with van der Waals surface area (Å²) in [5.41, 5.74) is 1.82. The van der Waals surface area contributed by atoms with Gasteiger partial charge in [-0.3, -0.25) is 14.4 Å². The molecule has 0 spiro atoms. The number of nitrogens with one attached hydrogen (secondary N) is 1. The van der Waals surface area contributed by atoms with Crippen LogP contribution < -0.4 is 10.1 Å². The Morgan fingerprint density at radius 2 is 2.16 bits per heavy atom. The standard InChI is InChI=1S/C19H24N4O2/c1-22-12-14(11-20-22)19(24)21-17-8-9-23(15-6-7-15)18(17)13-4-3-5-16(10-13)25-2/h3-5,10-12,15,17-18H,6-9H2,1-2H3,(H,21,24)/t17-,18-/m1/s1. The van der Waals surface area contributed by atoms with E-state index in [1.54, 1.807) is 24.2 Å². The number of methoxy groups -OCH3 is 1. The first-order chi connectivity index (χ1) is 12.2. The van der Waals surface area contributed by atoms with Crippen molar-refractivity contribution in [2.75, 3.05) is 13.7 Å². The number of hydrogen-bond donors (Lipinski definition) is 1. The minimum Gasteiger partial charge on any atom is -0.497 e. The van der Waals surface area contributed by atoms with Crippen LogP contribution in [0.1, 0.15) is 41.2 Å². The molecule has 1 aromatic carbocycles. The molecule has 6 heteroatoms. The van der Waals surface area contributed by atoms with Crippen molar-refractivity contribution in [2.45, 2.75) is 37.4 Å². The van der Waals surface area contributed by atoms with E-state index in [1.165, 1.54) is 18.4 Å². The summed E-state index contributed by atoms with van der Waals surface area (Å²) in [7, 11) is 3.51. The third-order valence-electron chi connectivity index (χ3n) is 5.17. The minimum atomic E-state index is -0.0522. The second kappa shape index (κ2) is 6.52. The quantitative estimate of drug-likeness (QED) is 0.906. The molecular formula is C19H24N4O2. The summed E-state index contributed by atoms with van der Waals surface area (Å²) in [6, 6.07) is 9.16. The fourth-order valence-corrected chi connectivity index (χ4v) is 3.82. The van der Waals surface area contributed by atoms with Crippen molar-refractivity contribution >= 4 is 5.91 Å². The number of aryl methyl sites for hydroxylation is 1. The van der Waals surface area contributed by atoms with Crippen LogP contribution in [0.15, 0.2) is 36.7 Å². The van der Waals surface area contributed by atoms with Gasteiger partial charge in [0.05, 0.1) is 31.0 Å². The Labute approximate surface area is 147 Å². The lowest BCUT2D eigenvalue weighted by molar-refractivity contribution is 0.0923. The molecule has 1 amide bonds. The van der Waals surface area contributed by atoms with Crippen molar-refractivity contribution in [3.05, 3.63) is 47.8 Å². The molecule has 4 rings (SSSR count). The van der Waals surface area contributed by atoms with Crippen LogP contribution in [0.25, 0.3) is 0 Å². The van der Waals surface area contributed by atoms with Crippen LogP contribution in [0.3, 0.4) is 0 Å². The van der Waals surface area contributed by atoms with Crippen molar-refractivity contribution < 1.29 is 9.53 Å². The number of likely N-dealkylation sites (tertiary alicyclic amines) is 1. The van der Waals surface area contributed by atoms with Gasteiger partial charge in [-0.25, -0.2) is 0 Å². The van der Waals surface area contributed by atoms with E-state index in [9.17, 15) is 4.79 Å². The Bertz CT molecular complexity index is 768. The molecule has 0 radical (unpaired) electrons. The summed E-state index contributed by atoms with van der Waals surface area (Å²) in [5.74, 6) is 0.807. The largest absolute Gasteiger partial charge is 0.497 e. The van der Waals surface area contributed by atoms with Crippen LogP contribution in [-0.4, -0.2) is 46.3 Å². The van der Waals surface area contributed by atoms with E-state index < -0.39 is 0 Å². The third-order valence-corrected chi connectivity index (χ3v) is 5.17. The fraction of sp³-hybridized carbons (Fsp3) is 0.474. The highest BCUT2D eigenvalue weighted by molar-refractivity contribution is 5.94. The molecule has 0 bridgehead atoms. The Hall–Kier alpha value is -2.34. The fourth-order valence-electron chi connectivity index (χ4n) is 3.82. The lowest BCUT2D eigenvalue weighted by Crippen LogP contribution is -2.40. The van der Waals surface area contributed by atoms with E-state index in [1.807, 2.05) is 19.2 Å². The van der Waals surface area contributed by atoms with Crippen LogP contribution >= 0.6 is 0 Å². The molecule has 1 aliphatic carbocycles. The maximum atomic E-state index is 12.6. The van der Waals surface area contributed by atoms with Gasteiger partial charge in [0.1, 0.15) is 5.75 Å². The van der Waals surface area contributed by atoms with Crippen molar-refractivity contribution in [3.63, 3.8) is 0 Å². The molecule has 1 saturated carbocycles. The Morgan fingerprint density at radius 3 is 2.84 bits per heavy atom. The summed E-state index contributed by atoms with van der Waals surface area (Å²) in [6.45, 7) is 1.02. The third kappa shape index (κ3) is 3.26. The zero-order valence-electron chi connectivity index (χ0n) is 14.7. The van der Waals surface area contributed by atoms with Gasteiger partial charge in [0.25, 0.3) is 5.91 Å². The number of benzene rings is 1. The average molecular weight is 340 g/mol. The molecule has 2 aliphatic rings. The number of rotatable bonds is 5. The highest BCUT2D eigenvalue weighted by Crippen LogP contribution is 2.41. The van der Waals surface area contributed by atoms with Crippen LogP contribution in [0, 0.1) is 0 Å². The van der Waals surface area contributed by atoms with E-state index >= 15 is 0 Å². The molecule has 2 fully saturated rings. The lowest BCUT2D eigenvalue weighted by atomic mass is 9.99. The van der Waals surface area contributed by atoms with Gasteiger partial charge in [-0.2, -0.15) is 5.10 Å². The van der Waals surface area contributed by atoms with E-state index in [0.29, 0.717) is 11.6 Å². The first-order valence-electron chi connectivity index (χ1n) is 8.85. The van der Waals surface area contributed by atoms with Crippen molar-refractivity contribution in [1.29, 1.82) is 0 Å². The summed E-state index contributed by atoms with van der Waals surface area (Å²) in [6.07, 6.45) is 6.84. The Morgan fingerprint density at radius 1 is 1.32 bits per heavy atom. The molecule has 25 heavy (non-hydrogen) atoms. The minimum absolute atomic E-state index is 0.0522. The monoisotopic (exact) mass is 340 g/mol. The molecule has 2 atom stereocenters. The second-order valence-electron chi connectivity index (χ2n) is 6.96. The maximum Gasteiger partial charge on any atom is 0.254 e. The number of ether oxygens (including phenoxy) is 1. The zero-order chi connectivity index (χ0) is 17.4. The summed E-state index contributed by atoms with van der Waals surface area (Å²) in [4.78, 5) is 15.1.